The summed E-state index contributed by atoms with van der Waals surface area (Å²) < 4.78 is 1.53. The van der Waals surface area contributed by atoms with Gasteiger partial charge in [-0.3, -0.25) is 9.36 Å². The third kappa shape index (κ3) is 2.91. The topological polar surface area (TPSA) is 87.4 Å². The van der Waals surface area contributed by atoms with E-state index in [1.807, 2.05) is 24.3 Å². The van der Waals surface area contributed by atoms with Crippen LogP contribution in [0.15, 0.2) is 34.2 Å². The molecule has 5 rings (SSSR count). The van der Waals surface area contributed by atoms with E-state index in [9.17, 15) is 10.1 Å². The lowest BCUT2D eigenvalue weighted by Crippen LogP contribution is -2.25. The fourth-order valence-corrected chi connectivity index (χ4v) is 5.86. The molecular weight excluding hydrogens is 390 g/mol. The van der Waals surface area contributed by atoms with E-state index in [2.05, 4.69) is 16.0 Å². The zero-order chi connectivity index (χ0) is 19.1. The van der Waals surface area contributed by atoms with Crippen LogP contribution in [0.1, 0.15) is 29.1 Å². The summed E-state index contributed by atoms with van der Waals surface area (Å²) in [5, 5.41) is 10.8. The summed E-state index contributed by atoms with van der Waals surface area (Å²) in [5.74, 6) is 1.11. The summed E-state index contributed by atoms with van der Waals surface area (Å²) in [6.07, 6.45) is 4.24. The van der Waals surface area contributed by atoms with Crippen LogP contribution in [0.5, 0.6) is 0 Å². The van der Waals surface area contributed by atoms with Gasteiger partial charge in [0.25, 0.3) is 5.56 Å². The monoisotopic (exact) mass is 407 g/mol. The molecule has 0 saturated heterocycles. The highest BCUT2D eigenvalue weighted by molar-refractivity contribution is 7.98. The number of rotatable bonds is 4. The Balaban J connectivity index is 1.55. The Hall–Kier alpha value is -2.63. The van der Waals surface area contributed by atoms with Crippen LogP contribution >= 0.6 is 23.1 Å². The summed E-state index contributed by atoms with van der Waals surface area (Å²) in [6, 6.07) is 9.98. The number of imidazole rings is 1. The molecule has 1 aromatic carbocycles. The fraction of sp³-hybridized carbons (Fsp3) is 0.300. The molecule has 0 unspecified atom stereocenters. The van der Waals surface area contributed by atoms with Crippen molar-refractivity contribution in [3.05, 3.63) is 50.9 Å². The zero-order valence-electron chi connectivity index (χ0n) is 15.1. The SMILES string of the molecule is N#CCn1c(CSc2nc3ccccc3[nH]2)nc2sc3c(c2c1=O)CCCC3. The van der Waals surface area contributed by atoms with Crippen molar-refractivity contribution in [2.45, 2.75) is 43.1 Å². The second-order valence-electron chi connectivity index (χ2n) is 6.82. The molecule has 28 heavy (non-hydrogen) atoms. The second kappa shape index (κ2) is 7.08. The van der Waals surface area contributed by atoms with E-state index < -0.39 is 0 Å². The van der Waals surface area contributed by atoms with Crippen molar-refractivity contribution in [2.24, 2.45) is 0 Å². The van der Waals surface area contributed by atoms with Gasteiger partial charge in [-0.05, 0) is 43.4 Å². The molecular formula is C20H17N5OS2. The molecule has 0 saturated carbocycles. The largest absolute Gasteiger partial charge is 0.333 e. The van der Waals surface area contributed by atoms with Crippen LogP contribution in [0.3, 0.4) is 0 Å². The fourth-order valence-electron chi connectivity index (χ4n) is 3.76. The number of nitrogens with one attached hydrogen (secondary N) is 1. The minimum atomic E-state index is -0.0776. The Bertz CT molecular complexity index is 1260. The van der Waals surface area contributed by atoms with Gasteiger partial charge in [-0.1, -0.05) is 23.9 Å². The molecule has 0 amide bonds. The van der Waals surface area contributed by atoms with Gasteiger partial charge in [0, 0.05) is 4.88 Å². The van der Waals surface area contributed by atoms with Gasteiger partial charge < -0.3 is 4.98 Å². The van der Waals surface area contributed by atoms with Gasteiger partial charge in [0.2, 0.25) is 0 Å². The van der Waals surface area contributed by atoms with Crippen LogP contribution in [-0.2, 0) is 25.1 Å². The quantitative estimate of drug-likeness (QED) is 0.516. The van der Waals surface area contributed by atoms with Crippen molar-refractivity contribution in [3.63, 3.8) is 0 Å². The summed E-state index contributed by atoms with van der Waals surface area (Å²) in [4.78, 5) is 27.9. The minimum absolute atomic E-state index is 0.0163. The van der Waals surface area contributed by atoms with Gasteiger partial charge in [0.15, 0.2) is 5.16 Å². The van der Waals surface area contributed by atoms with Gasteiger partial charge in [0.1, 0.15) is 17.2 Å². The van der Waals surface area contributed by atoms with E-state index >= 15 is 0 Å². The lowest BCUT2D eigenvalue weighted by molar-refractivity contribution is 0.696. The summed E-state index contributed by atoms with van der Waals surface area (Å²) in [5.41, 5.74) is 2.97. The van der Waals surface area contributed by atoms with Crippen LogP contribution < -0.4 is 5.56 Å². The van der Waals surface area contributed by atoms with Crippen molar-refractivity contribution in [1.29, 1.82) is 5.26 Å². The minimum Gasteiger partial charge on any atom is -0.333 e. The maximum atomic E-state index is 13.2. The first-order chi connectivity index (χ1) is 13.7. The third-order valence-electron chi connectivity index (χ3n) is 5.09. The number of aryl methyl sites for hydroxylation is 2. The predicted octanol–water partition coefficient (Wildman–Crippen LogP) is 4.03. The lowest BCUT2D eigenvalue weighted by Gasteiger charge is -2.11. The van der Waals surface area contributed by atoms with Gasteiger partial charge in [-0.25, -0.2) is 9.97 Å². The van der Waals surface area contributed by atoms with Gasteiger partial charge >= 0.3 is 0 Å². The molecule has 3 aromatic heterocycles. The van der Waals surface area contributed by atoms with E-state index in [1.54, 1.807) is 11.3 Å². The summed E-state index contributed by atoms with van der Waals surface area (Å²) in [7, 11) is 0. The number of aromatic amines is 1. The first-order valence-electron chi connectivity index (χ1n) is 9.23. The average molecular weight is 408 g/mol. The van der Waals surface area contributed by atoms with Gasteiger partial charge in [-0.2, -0.15) is 5.26 Å². The Morgan fingerprint density at radius 3 is 2.96 bits per heavy atom. The lowest BCUT2D eigenvalue weighted by atomic mass is 9.97. The second-order valence-corrected chi connectivity index (χ2v) is 8.86. The number of thiophene rings is 1. The third-order valence-corrected chi connectivity index (χ3v) is 7.14. The Kier molecular flexibility index (Phi) is 4.41. The first kappa shape index (κ1) is 17.5. The van der Waals surface area contributed by atoms with Gasteiger partial charge in [-0.15, -0.1) is 11.3 Å². The number of hydrogen-bond acceptors (Lipinski definition) is 6. The van der Waals surface area contributed by atoms with E-state index in [4.69, 9.17) is 4.98 Å². The van der Waals surface area contributed by atoms with E-state index in [0.29, 0.717) is 11.6 Å². The van der Waals surface area contributed by atoms with Crippen LogP contribution in [0.2, 0.25) is 0 Å². The maximum Gasteiger partial charge on any atom is 0.263 e. The van der Waals surface area contributed by atoms with Gasteiger partial charge in [0.05, 0.1) is 28.2 Å². The van der Waals surface area contributed by atoms with Crippen molar-refractivity contribution < 1.29 is 0 Å². The Morgan fingerprint density at radius 2 is 2.11 bits per heavy atom. The molecule has 4 aromatic rings. The van der Waals surface area contributed by atoms with Crippen LogP contribution in [-0.4, -0.2) is 19.5 Å². The molecule has 8 heteroatoms. The van der Waals surface area contributed by atoms with Crippen molar-refractivity contribution in [1.82, 2.24) is 19.5 Å². The van der Waals surface area contributed by atoms with E-state index in [1.165, 1.54) is 27.6 Å². The number of hydrogen-bond donors (Lipinski definition) is 1. The highest BCUT2D eigenvalue weighted by atomic mass is 32.2. The molecule has 3 heterocycles. The molecule has 0 atom stereocenters. The maximum absolute atomic E-state index is 13.2. The van der Waals surface area contributed by atoms with Crippen molar-refractivity contribution in [3.8, 4) is 6.07 Å². The highest BCUT2D eigenvalue weighted by Gasteiger charge is 2.22. The molecule has 1 N–H and O–H groups in total. The summed E-state index contributed by atoms with van der Waals surface area (Å²) >= 11 is 3.14. The molecule has 140 valence electrons. The number of aromatic nitrogens is 4. The smallest absolute Gasteiger partial charge is 0.263 e. The van der Waals surface area contributed by atoms with E-state index in [0.717, 1.165) is 51.2 Å². The van der Waals surface area contributed by atoms with Crippen molar-refractivity contribution in [2.75, 3.05) is 0 Å². The summed E-state index contributed by atoms with van der Waals surface area (Å²) in [6.45, 7) is 0.0163. The number of thioether (sulfide) groups is 1. The van der Waals surface area contributed by atoms with Crippen molar-refractivity contribution >= 4 is 44.3 Å². The molecule has 1 aliphatic carbocycles. The zero-order valence-corrected chi connectivity index (χ0v) is 16.7. The number of nitriles is 1. The number of fused-ring (bicyclic) bond motifs is 4. The van der Waals surface area contributed by atoms with Crippen LogP contribution in [0.25, 0.3) is 21.3 Å². The standard InChI is InChI=1S/C20H17N5OS2/c21-9-10-25-16(11-27-20-22-13-6-2-3-7-14(13)23-20)24-18-17(19(25)26)12-5-1-4-8-15(12)28-18/h2-3,6-7H,1,4-5,8,10-11H2,(H,22,23). The number of H-pyrrole nitrogens is 1. The van der Waals surface area contributed by atoms with Crippen LogP contribution in [0.4, 0.5) is 0 Å². The Morgan fingerprint density at radius 1 is 1.25 bits per heavy atom. The molecule has 0 fully saturated rings. The molecule has 0 radical (unpaired) electrons. The highest BCUT2D eigenvalue weighted by Crippen LogP contribution is 2.34. The predicted molar refractivity (Wildman–Crippen MR) is 112 cm³/mol. The molecule has 0 bridgehead atoms. The van der Waals surface area contributed by atoms with E-state index in [-0.39, 0.29) is 12.1 Å². The Labute approximate surface area is 169 Å². The average Bonchev–Trinajstić information content (AvgIpc) is 3.29. The molecule has 6 nitrogen and oxygen atoms in total. The number of benzene rings is 1. The normalized spacial score (nSPS) is 13.7. The molecule has 0 aliphatic heterocycles. The molecule has 1 aliphatic rings. The first-order valence-corrected chi connectivity index (χ1v) is 11.0. The van der Waals surface area contributed by atoms with Crippen LogP contribution in [0, 0.1) is 11.3 Å². The molecule has 0 spiro atoms. The number of nitrogens with zero attached hydrogens (tertiary/aromatic N) is 4. The number of para-hydroxylation sites is 2.